The van der Waals surface area contributed by atoms with Crippen molar-refractivity contribution in [1.29, 1.82) is 0 Å². The van der Waals surface area contributed by atoms with Gasteiger partial charge in [0.05, 0.1) is 13.2 Å². The zero-order valence-electron chi connectivity index (χ0n) is 10.4. The maximum atomic E-state index is 12.0. The lowest BCUT2D eigenvalue weighted by Gasteiger charge is -2.32. The Kier molecular flexibility index (Phi) is 6.23. The standard InChI is InChI=1S/C12H22N2O2.ClH/c1-9-4-2-3-5-10(9)14-12(15)11-8-16-7-6-13-11;/h9-11,13H,2-8H2,1H3,(H,14,15);1H. The predicted molar refractivity (Wildman–Crippen MR) is 69.4 cm³/mol. The van der Waals surface area contributed by atoms with Gasteiger partial charge in [-0.05, 0) is 18.8 Å². The fraction of sp³-hybridized carbons (Fsp3) is 0.917. The van der Waals surface area contributed by atoms with Gasteiger partial charge in [-0.15, -0.1) is 12.4 Å². The van der Waals surface area contributed by atoms with Gasteiger partial charge >= 0.3 is 0 Å². The Morgan fingerprint density at radius 3 is 2.76 bits per heavy atom. The highest BCUT2D eigenvalue weighted by molar-refractivity contribution is 5.85. The number of nitrogens with one attached hydrogen (secondary N) is 2. The van der Waals surface area contributed by atoms with E-state index in [1.165, 1.54) is 19.3 Å². The zero-order chi connectivity index (χ0) is 11.4. The average molecular weight is 263 g/mol. The number of halogens is 1. The number of hydrogen-bond donors (Lipinski definition) is 2. The summed E-state index contributed by atoms with van der Waals surface area (Å²) in [6.45, 7) is 4.23. The minimum absolute atomic E-state index is 0. The number of amides is 1. The number of morpholine rings is 1. The molecule has 0 radical (unpaired) electrons. The van der Waals surface area contributed by atoms with Crippen molar-refractivity contribution in [2.24, 2.45) is 5.92 Å². The summed E-state index contributed by atoms with van der Waals surface area (Å²) in [5, 5.41) is 6.34. The van der Waals surface area contributed by atoms with Gasteiger partial charge in [-0.2, -0.15) is 0 Å². The first-order chi connectivity index (χ1) is 7.77. The van der Waals surface area contributed by atoms with E-state index in [0.29, 0.717) is 25.2 Å². The fourth-order valence-corrected chi connectivity index (χ4v) is 2.55. The van der Waals surface area contributed by atoms with E-state index in [1.54, 1.807) is 0 Å². The molecule has 1 saturated heterocycles. The summed E-state index contributed by atoms with van der Waals surface area (Å²) in [5.41, 5.74) is 0. The quantitative estimate of drug-likeness (QED) is 0.783. The van der Waals surface area contributed by atoms with E-state index in [-0.39, 0.29) is 24.4 Å². The van der Waals surface area contributed by atoms with E-state index in [1.807, 2.05) is 0 Å². The third-order valence-electron chi connectivity index (χ3n) is 3.68. The monoisotopic (exact) mass is 262 g/mol. The summed E-state index contributed by atoms with van der Waals surface area (Å²) in [5.74, 6) is 0.723. The molecule has 1 saturated carbocycles. The van der Waals surface area contributed by atoms with Crippen LogP contribution in [0.25, 0.3) is 0 Å². The Morgan fingerprint density at radius 1 is 1.35 bits per heavy atom. The van der Waals surface area contributed by atoms with Crippen LogP contribution in [-0.2, 0) is 9.53 Å². The number of ether oxygens (including phenoxy) is 1. The Morgan fingerprint density at radius 2 is 2.12 bits per heavy atom. The van der Waals surface area contributed by atoms with Gasteiger partial charge in [0.15, 0.2) is 0 Å². The summed E-state index contributed by atoms with van der Waals surface area (Å²) in [4.78, 5) is 12.0. The summed E-state index contributed by atoms with van der Waals surface area (Å²) >= 11 is 0. The Hall–Kier alpha value is -0.320. The summed E-state index contributed by atoms with van der Waals surface area (Å²) in [7, 11) is 0. The van der Waals surface area contributed by atoms with Crippen molar-refractivity contribution < 1.29 is 9.53 Å². The molecule has 4 nitrogen and oxygen atoms in total. The molecular weight excluding hydrogens is 240 g/mol. The van der Waals surface area contributed by atoms with Crippen LogP contribution in [-0.4, -0.2) is 37.7 Å². The minimum atomic E-state index is -0.150. The highest BCUT2D eigenvalue weighted by atomic mass is 35.5. The third-order valence-corrected chi connectivity index (χ3v) is 3.68. The molecule has 2 rings (SSSR count). The van der Waals surface area contributed by atoms with E-state index < -0.39 is 0 Å². The molecule has 1 amide bonds. The van der Waals surface area contributed by atoms with Crippen LogP contribution in [0.15, 0.2) is 0 Å². The molecular formula is C12H23ClN2O2. The van der Waals surface area contributed by atoms with Crippen LogP contribution in [0, 0.1) is 5.92 Å². The van der Waals surface area contributed by atoms with Gasteiger partial charge in [-0.1, -0.05) is 19.8 Å². The van der Waals surface area contributed by atoms with Gasteiger partial charge in [0, 0.05) is 12.6 Å². The smallest absolute Gasteiger partial charge is 0.239 e. The Balaban J connectivity index is 0.00000144. The molecule has 1 aliphatic heterocycles. The van der Waals surface area contributed by atoms with E-state index in [2.05, 4.69) is 17.6 Å². The summed E-state index contributed by atoms with van der Waals surface area (Å²) in [6.07, 6.45) is 4.90. The van der Waals surface area contributed by atoms with Crippen molar-refractivity contribution in [2.45, 2.75) is 44.7 Å². The molecule has 3 atom stereocenters. The summed E-state index contributed by atoms with van der Waals surface area (Å²) in [6, 6.07) is 0.216. The zero-order valence-corrected chi connectivity index (χ0v) is 11.2. The maximum absolute atomic E-state index is 12.0. The van der Waals surface area contributed by atoms with Crippen LogP contribution in [0.3, 0.4) is 0 Å². The number of carbonyl (C=O) groups is 1. The topological polar surface area (TPSA) is 50.4 Å². The third kappa shape index (κ3) is 4.12. The molecule has 5 heteroatoms. The van der Waals surface area contributed by atoms with Gasteiger partial charge in [0.1, 0.15) is 6.04 Å². The predicted octanol–water partition coefficient (Wildman–Crippen LogP) is 1.09. The maximum Gasteiger partial charge on any atom is 0.239 e. The molecule has 2 fully saturated rings. The van der Waals surface area contributed by atoms with Crippen molar-refractivity contribution in [3.05, 3.63) is 0 Å². The molecule has 1 aliphatic carbocycles. The van der Waals surface area contributed by atoms with Crippen molar-refractivity contribution >= 4 is 18.3 Å². The molecule has 0 aromatic heterocycles. The van der Waals surface area contributed by atoms with Crippen LogP contribution >= 0.6 is 12.4 Å². The van der Waals surface area contributed by atoms with Crippen LogP contribution in [0.1, 0.15) is 32.6 Å². The Bertz CT molecular complexity index is 245. The molecule has 100 valence electrons. The van der Waals surface area contributed by atoms with E-state index >= 15 is 0 Å². The van der Waals surface area contributed by atoms with Gasteiger partial charge < -0.3 is 15.4 Å². The average Bonchev–Trinajstić information content (AvgIpc) is 2.33. The van der Waals surface area contributed by atoms with Crippen molar-refractivity contribution in [3.8, 4) is 0 Å². The molecule has 0 aromatic carbocycles. The molecule has 2 N–H and O–H groups in total. The van der Waals surface area contributed by atoms with Crippen LogP contribution in [0.4, 0.5) is 0 Å². The van der Waals surface area contributed by atoms with E-state index in [0.717, 1.165) is 13.0 Å². The van der Waals surface area contributed by atoms with Gasteiger partial charge in [0.25, 0.3) is 0 Å². The second kappa shape index (κ2) is 7.19. The number of hydrogen-bond acceptors (Lipinski definition) is 3. The number of carbonyl (C=O) groups excluding carboxylic acids is 1. The fourth-order valence-electron chi connectivity index (χ4n) is 2.55. The molecule has 2 aliphatic rings. The first-order valence-corrected chi connectivity index (χ1v) is 6.39. The van der Waals surface area contributed by atoms with Gasteiger partial charge in [-0.25, -0.2) is 0 Å². The van der Waals surface area contributed by atoms with E-state index in [9.17, 15) is 4.79 Å². The molecule has 17 heavy (non-hydrogen) atoms. The first kappa shape index (κ1) is 14.7. The van der Waals surface area contributed by atoms with Crippen molar-refractivity contribution in [3.63, 3.8) is 0 Å². The summed E-state index contributed by atoms with van der Waals surface area (Å²) < 4.78 is 5.30. The van der Waals surface area contributed by atoms with Crippen LogP contribution < -0.4 is 10.6 Å². The Labute approximate surface area is 109 Å². The second-order valence-corrected chi connectivity index (χ2v) is 4.96. The lowest BCUT2D eigenvalue weighted by Crippen LogP contribution is -2.54. The minimum Gasteiger partial charge on any atom is -0.378 e. The highest BCUT2D eigenvalue weighted by Gasteiger charge is 2.27. The van der Waals surface area contributed by atoms with Gasteiger partial charge in [0.2, 0.25) is 5.91 Å². The van der Waals surface area contributed by atoms with Crippen LogP contribution in [0.5, 0.6) is 0 Å². The molecule has 0 aromatic rings. The highest BCUT2D eigenvalue weighted by Crippen LogP contribution is 2.23. The molecule has 0 bridgehead atoms. The van der Waals surface area contributed by atoms with Gasteiger partial charge in [-0.3, -0.25) is 4.79 Å². The number of rotatable bonds is 2. The van der Waals surface area contributed by atoms with Crippen LogP contribution in [0.2, 0.25) is 0 Å². The molecule has 0 spiro atoms. The second-order valence-electron chi connectivity index (χ2n) is 4.96. The SMILES string of the molecule is CC1CCCCC1NC(=O)C1COCCN1.Cl. The molecule has 3 unspecified atom stereocenters. The largest absolute Gasteiger partial charge is 0.378 e. The van der Waals surface area contributed by atoms with E-state index in [4.69, 9.17) is 4.74 Å². The van der Waals surface area contributed by atoms with Crippen molar-refractivity contribution in [1.82, 2.24) is 10.6 Å². The normalized spacial score (nSPS) is 33.6. The van der Waals surface area contributed by atoms with Crippen molar-refractivity contribution in [2.75, 3.05) is 19.8 Å². The lowest BCUT2D eigenvalue weighted by molar-refractivity contribution is -0.127. The lowest BCUT2D eigenvalue weighted by atomic mass is 9.86. The first-order valence-electron chi connectivity index (χ1n) is 6.39. The molecule has 1 heterocycles.